The van der Waals surface area contributed by atoms with E-state index in [2.05, 4.69) is 20.3 Å². The van der Waals surface area contributed by atoms with Crippen LogP contribution in [0.4, 0.5) is 5.69 Å². The normalized spacial score (nSPS) is 10.8. The van der Waals surface area contributed by atoms with Crippen LogP contribution >= 0.6 is 0 Å². The minimum Gasteiger partial charge on any atom is -0.365 e. The molecule has 3 aromatic heterocycles. The summed E-state index contributed by atoms with van der Waals surface area (Å²) < 4.78 is 1.32. The van der Waals surface area contributed by atoms with Crippen molar-refractivity contribution in [2.75, 3.05) is 0 Å². The minimum atomic E-state index is -0.646. The Hall–Kier alpha value is -3.30. The first-order valence-electron chi connectivity index (χ1n) is 5.39. The van der Waals surface area contributed by atoms with Crippen LogP contribution in [-0.2, 0) is 0 Å². The highest BCUT2D eigenvalue weighted by molar-refractivity contribution is 5.98. The fraction of sp³-hybridized carbons (Fsp3) is 0. The van der Waals surface area contributed by atoms with E-state index in [4.69, 9.17) is 5.73 Å². The molecule has 3 aromatic rings. The minimum absolute atomic E-state index is 0.173. The van der Waals surface area contributed by atoms with E-state index in [1.807, 2.05) is 0 Å². The Bertz CT molecular complexity index is 834. The Labute approximate surface area is 110 Å². The van der Waals surface area contributed by atoms with Crippen LogP contribution in [0.3, 0.4) is 0 Å². The van der Waals surface area contributed by atoms with E-state index in [1.165, 1.54) is 23.1 Å². The van der Waals surface area contributed by atoms with E-state index in [1.54, 1.807) is 0 Å². The second-order valence-electron chi connectivity index (χ2n) is 3.92. The first-order chi connectivity index (χ1) is 9.58. The zero-order valence-electron chi connectivity index (χ0n) is 9.85. The molecule has 0 aliphatic heterocycles. The van der Waals surface area contributed by atoms with Crippen LogP contribution in [0.1, 0.15) is 10.4 Å². The third-order valence-corrected chi connectivity index (χ3v) is 2.73. The van der Waals surface area contributed by atoms with E-state index in [0.29, 0.717) is 5.56 Å². The van der Waals surface area contributed by atoms with Gasteiger partial charge in [0.15, 0.2) is 5.65 Å². The smallest absolute Gasteiger partial charge is 0.314 e. The molecule has 10 heteroatoms. The van der Waals surface area contributed by atoms with Gasteiger partial charge >= 0.3 is 5.69 Å². The van der Waals surface area contributed by atoms with Crippen LogP contribution in [0.25, 0.3) is 16.9 Å². The number of carbonyl (C=O) groups is 1. The molecule has 10 nitrogen and oxygen atoms in total. The summed E-state index contributed by atoms with van der Waals surface area (Å²) in [5.74, 6) is -0.646. The van der Waals surface area contributed by atoms with Gasteiger partial charge in [-0.2, -0.15) is 10.2 Å². The molecule has 0 fully saturated rings. The first kappa shape index (κ1) is 11.8. The number of nitrogens with two attached hydrogens (primary N) is 1. The fourth-order valence-corrected chi connectivity index (χ4v) is 1.81. The Balaban J connectivity index is 2.16. The average molecular weight is 273 g/mol. The van der Waals surface area contributed by atoms with Gasteiger partial charge in [0, 0.05) is 18.0 Å². The monoisotopic (exact) mass is 273 g/mol. The molecule has 0 radical (unpaired) electrons. The molecule has 20 heavy (non-hydrogen) atoms. The van der Waals surface area contributed by atoms with Gasteiger partial charge in [-0.3, -0.25) is 20.0 Å². The Morgan fingerprint density at radius 1 is 1.40 bits per heavy atom. The van der Waals surface area contributed by atoms with E-state index in [9.17, 15) is 14.9 Å². The molecule has 0 aliphatic rings. The number of carbonyl (C=O) groups excluding carboxylic acids is 1. The second-order valence-corrected chi connectivity index (χ2v) is 3.92. The topological polar surface area (TPSA) is 145 Å². The number of nitrogens with zero attached hydrogens (tertiary/aromatic N) is 5. The lowest BCUT2D eigenvalue weighted by molar-refractivity contribution is -0.384. The van der Waals surface area contributed by atoms with Gasteiger partial charge in [0.2, 0.25) is 0 Å². The molecule has 0 saturated carbocycles. The summed E-state index contributed by atoms with van der Waals surface area (Å²) in [6.07, 6.45) is 5.27. The highest BCUT2D eigenvalue weighted by atomic mass is 16.6. The summed E-state index contributed by atoms with van der Waals surface area (Å²) in [6.45, 7) is 0. The number of nitrogens with one attached hydrogen (secondary N) is 1. The number of fused-ring (bicyclic) bond motifs is 1. The number of aromatic nitrogens is 5. The average Bonchev–Trinajstić information content (AvgIpc) is 3.04. The summed E-state index contributed by atoms with van der Waals surface area (Å²) in [6, 6.07) is 0. The summed E-state index contributed by atoms with van der Waals surface area (Å²) in [5, 5.41) is 21.0. The van der Waals surface area contributed by atoms with E-state index in [0.717, 1.165) is 6.20 Å². The molecule has 0 bridgehead atoms. The molecule has 0 aromatic carbocycles. The zero-order valence-corrected chi connectivity index (χ0v) is 9.85. The molecule has 0 spiro atoms. The lowest BCUT2D eigenvalue weighted by Gasteiger charge is -1.99. The number of rotatable bonds is 3. The molecule has 1 amide bonds. The van der Waals surface area contributed by atoms with Crippen molar-refractivity contribution in [1.29, 1.82) is 0 Å². The van der Waals surface area contributed by atoms with Crippen molar-refractivity contribution in [2.45, 2.75) is 0 Å². The standard InChI is InChI=1S/C10H7N7O3/c11-9(18)6-2-14-16-4-5(1-12-10(6)16)8-7(17(19)20)3-13-15-8/h1-4H,(H2,11,18)(H,13,15). The predicted octanol–water partition coefficient (Wildman–Crippen LogP) is 0.126. The first-order valence-corrected chi connectivity index (χ1v) is 5.39. The van der Waals surface area contributed by atoms with Crippen molar-refractivity contribution in [1.82, 2.24) is 24.8 Å². The molecular weight excluding hydrogens is 266 g/mol. The fourth-order valence-electron chi connectivity index (χ4n) is 1.81. The molecule has 3 N–H and O–H groups in total. The van der Waals surface area contributed by atoms with Gasteiger partial charge in [-0.15, -0.1) is 0 Å². The second kappa shape index (κ2) is 4.12. The van der Waals surface area contributed by atoms with Gasteiger partial charge in [-0.05, 0) is 0 Å². The van der Waals surface area contributed by atoms with Crippen LogP contribution in [0.5, 0.6) is 0 Å². The highest BCUT2D eigenvalue weighted by Gasteiger charge is 2.19. The molecule has 3 rings (SSSR count). The number of primary amides is 1. The molecule has 0 aliphatic carbocycles. The lowest BCUT2D eigenvalue weighted by Crippen LogP contribution is -2.10. The van der Waals surface area contributed by atoms with E-state index in [-0.39, 0.29) is 22.6 Å². The van der Waals surface area contributed by atoms with Crippen molar-refractivity contribution in [2.24, 2.45) is 5.73 Å². The number of amides is 1. The number of H-pyrrole nitrogens is 1. The van der Waals surface area contributed by atoms with Gasteiger partial charge in [0.25, 0.3) is 5.91 Å². The molecule has 100 valence electrons. The van der Waals surface area contributed by atoms with Gasteiger partial charge in [-0.1, -0.05) is 0 Å². The molecule has 3 heterocycles. The molecule has 0 atom stereocenters. The van der Waals surface area contributed by atoms with Crippen molar-refractivity contribution >= 4 is 17.2 Å². The lowest BCUT2D eigenvalue weighted by atomic mass is 10.2. The van der Waals surface area contributed by atoms with Crippen LogP contribution in [0, 0.1) is 10.1 Å². The summed E-state index contributed by atoms with van der Waals surface area (Å²) in [4.78, 5) is 25.5. The summed E-state index contributed by atoms with van der Waals surface area (Å²) in [7, 11) is 0. The Kier molecular flexibility index (Phi) is 2.42. The zero-order chi connectivity index (χ0) is 14.3. The number of hydrogen-bond acceptors (Lipinski definition) is 6. The maximum Gasteiger partial charge on any atom is 0.314 e. The van der Waals surface area contributed by atoms with Gasteiger partial charge in [0.05, 0.1) is 11.1 Å². The number of hydrogen-bond donors (Lipinski definition) is 2. The van der Waals surface area contributed by atoms with Crippen molar-refractivity contribution in [3.63, 3.8) is 0 Å². The van der Waals surface area contributed by atoms with Crippen molar-refractivity contribution in [3.05, 3.63) is 40.5 Å². The third-order valence-electron chi connectivity index (χ3n) is 2.73. The van der Waals surface area contributed by atoms with Crippen LogP contribution < -0.4 is 5.73 Å². The van der Waals surface area contributed by atoms with Gasteiger partial charge in [0.1, 0.15) is 17.5 Å². The highest BCUT2D eigenvalue weighted by Crippen LogP contribution is 2.26. The van der Waals surface area contributed by atoms with Crippen LogP contribution in [0.2, 0.25) is 0 Å². The van der Waals surface area contributed by atoms with Crippen molar-refractivity contribution in [3.8, 4) is 11.3 Å². The SMILES string of the molecule is NC(=O)c1cnn2cc(-c3[nH]ncc3[N+](=O)[O-])cnc12. The maximum absolute atomic E-state index is 11.2. The predicted molar refractivity (Wildman–Crippen MR) is 65.7 cm³/mol. The number of aromatic amines is 1. The Morgan fingerprint density at radius 2 is 2.20 bits per heavy atom. The summed E-state index contributed by atoms with van der Waals surface area (Å²) >= 11 is 0. The van der Waals surface area contributed by atoms with E-state index >= 15 is 0 Å². The third kappa shape index (κ3) is 1.67. The van der Waals surface area contributed by atoms with Gasteiger partial charge in [-0.25, -0.2) is 9.50 Å². The largest absolute Gasteiger partial charge is 0.365 e. The number of nitro groups is 1. The van der Waals surface area contributed by atoms with Crippen molar-refractivity contribution < 1.29 is 9.72 Å². The van der Waals surface area contributed by atoms with Crippen LogP contribution in [-0.4, -0.2) is 35.6 Å². The molecule has 0 saturated heterocycles. The van der Waals surface area contributed by atoms with E-state index < -0.39 is 10.8 Å². The molecule has 0 unspecified atom stereocenters. The Morgan fingerprint density at radius 3 is 2.90 bits per heavy atom. The molecular formula is C10H7N7O3. The summed E-state index contributed by atoms with van der Waals surface area (Å²) in [5.41, 5.74) is 6.09. The maximum atomic E-state index is 11.2. The van der Waals surface area contributed by atoms with Gasteiger partial charge < -0.3 is 5.73 Å². The quantitative estimate of drug-likeness (QED) is 0.512. The van der Waals surface area contributed by atoms with Crippen LogP contribution in [0.15, 0.2) is 24.8 Å².